The molecule has 2 rings (SSSR count). The highest BCUT2D eigenvalue weighted by atomic mass is 14.7. The van der Waals surface area contributed by atoms with Crippen LogP contribution in [-0.2, 0) is 0 Å². The second kappa shape index (κ2) is 4.79. The quantitative estimate of drug-likeness (QED) is 0.751. The molecule has 1 aromatic heterocycles. The Kier molecular flexibility index (Phi) is 3.20. The van der Waals surface area contributed by atoms with Crippen LogP contribution in [0.2, 0.25) is 0 Å². The molecule has 1 aromatic carbocycles. The summed E-state index contributed by atoms with van der Waals surface area (Å²) in [5.41, 5.74) is 5.21. The number of rotatable bonds is 3. The van der Waals surface area contributed by atoms with E-state index in [0.29, 0.717) is 0 Å². The number of aryl methyl sites for hydroxylation is 1. The third kappa shape index (κ3) is 2.18. The Morgan fingerprint density at radius 3 is 2.35 bits per heavy atom. The third-order valence-electron chi connectivity index (χ3n) is 2.76. The molecule has 1 nitrogen and oxygen atoms in total. The van der Waals surface area contributed by atoms with Gasteiger partial charge in [-0.25, -0.2) is 4.98 Å². The Bertz CT molecular complexity index is 553. The van der Waals surface area contributed by atoms with E-state index in [-0.39, 0.29) is 0 Å². The average Bonchev–Trinajstić information content (AvgIpc) is 2.38. The zero-order valence-electron chi connectivity index (χ0n) is 9.98. The van der Waals surface area contributed by atoms with Crippen molar-refractivity contribution >= 4 is 12.2 Å². The van der Waals surface area contributed by atoms with Gasteiger partial charge in [0.2, 0.25) is 0 Å². The predicted molar refractivity (Wildman–Crippen MR) is 74.6 cm³/mol. The maximum atomic E-state index is 4.60. The van der Waals surface area contributed by atoms with Crippen molar-refractivity contribution in [1.29, 1.82) is 0 Å². The molecule has 0 saturated heterocycles. The molecule has 0 fully saturated rings. The second-order valence-electron chi connectivity index (χ2n) is 3.90. The van der Waals surface area contributed by atoms with Gasteiger partial charge in [0, 0.05) is 11.1 Å². The van der Waals surface area contributed by atoms with Crippen LogP contribution in [0.15, 0.2) is 49.6 Å². The van der Waals surface area contributed by atoms with E-state index >= 15 is 0 Å². The zero-order valence-corrected chi connectivity index (χ0v) is 9.98. The molecule has 0 unspecified atom stereocenters. The summed E-state index contributed by atoms with van der Waals surface area (Å²) in [7, 11) is 0. The molecule has 1 heterocycles. The molecule has 0 spiro atoms. The minimum absolute atomic E-state index is 0.888. The van der Waals surface area contributed by atoms with Gasteiger partial charge in [-0.15, -0.1) is 0 Å². The van der Waals surface area contributed by atoms with Gasteiger partial charge in [-0.3, -0.25) is 0 Å². The summed E-state index contributed by atoms with van der Waals surface area (Å²) in [6, 6.07) is 12.2. The fourth-order valence-corrected chi connectivity index (χ4v) is 1.89. The number of aromatic nitrogens is 1. The largest absolute Gasteiger partial charge is 0.248 e. The Morgan fingerprint density at radius 2 is 1.76 bits per heavy atom. The van der Waals surface area contributed by atoms with Crippen molar-refractivity contribution in [3.8, 4) is 11.3 Å². The summed E-state index contributed by atoms with van der Waals surface area (Å²) in [6.07, 6.45) is 3.60. The molecule has 0 atom stereocenters. The second-order valence-corrected chi connectivity index (χ2v) is 3.90. The highest BCUT2D eigenvalue weighted by Gasteiger charge is 2.06. The summed E-state index contributed by atoms with van der Waals surface area (Å²) in [5, 5.41) is 0. The lowest BCUT2D eigenvalue weighted by atomic mass is 10.0. The molecule has 2 aromatic rings. The summed E-state index contributed by atoms with van der Waals surface area (Å²) >= 11 is 0. The Morgan fingerprint density at radius 1 is 1.06 bits per heavy atom. The molecule has 0 aliphatic carbocycles. The van der Waals surface area contributed by atoms with Crippen molar-refractivity contribution in [2.24, 2.45) is 0 Å². The van der Waals surface area contributed by atoms with Gasteiger partial charge in [0.15, 0.2) is 0 Å². The molecular weight excluding hydrogens is 206 g/mol. The Labute approximate surface area is 102 Å². The number of benzene rings is 1. The SMILES string of the molecule is C=Cc1nc(-c2ccccc2)cc(C)c1C=C. The molecule has 0 bridgehead atoms. The molecule has 0 aliphatic rings. The van der Waals surface area contributed by atoms with E-state index in [1.165, 1.54) is 5.56 Å². The van der Waals surface area contributed by atoms with Crippen molar-refractivity contribution in [3.05, 3.63) is 66.4 Å². The number of hydrogen-bond donors (Lipinski definition) is 0. The molecule has 0 saturated carbocycles. The Hall–Kier alpha value is -2.15. The zero-order chi connectivity index (χ0) is 12.3. The van der Waals surface area contributed by atoms with Crippen molar-refractivity contribution in [2.45, 2.75) is 6.92 Å². The predicted octanol–water partition coefficient (Wildman–Crippen LogP) is 4.34. The summed E-state index contributed by atoms with van der Waals surface area (Å²) in [4.78, 5) is 4.60. The van der Waals surface area contributed by atoms with E-state index in [0.717, 1.165) is 22.5 Å². The Balaban J connectivity index is 2.62. The smallest absolute Gasteiger partial charge is 0.0712 e. The highest BCUT2D eigenvalue weighted by Crippen LogP contribution is 2.23. The number of pyridine rings is 1. The lowest BCUT2D eigenvalue weighted by molar-refractivity contribution is 1.24. The van der Waals surface area contributed by atoms with Crippen LogP contribution in [0, 0.1) is 6.92 Å². The van der Waals surface area contributed by atoms with Crippen LogP contribution in [0.25, 0.3) is 23.4 Å². The van der Waals surface area contributed by atoms with Crippen molar-refractivity contribution < 1.29 is 0 Å². The molecular formula is C16H15N. The maximum Gasteiger partial charge on any atom is 0.0712 e. The van der Waals surface area contributed by atoms with Crippen LogP contribution in [-0.4, -0.2) is 4.98 Å². The van der Waals surface area contributed by atoms with Gasteiger partial charge in [0.25, 0.3) is 0 Å². The monoisotopic (exact) mass is 221 g/mol. The standard InChI is InChI=1S/C16H15N/c1-4-14-12(3)11-16(17-15(14)5-2)13-9-7-6-8-10-13/h4-11H,1-2H2,3H3. The maximum absolute atomic E-state index is 4.60. The molecule has 0 N–H and O–H groups in total. The number of nitrogens with zero attached hydrogens (tertiary/aromatic N) is 1. The van der Waals surface area contributed by atoms with Crippen LogP contribution in [0.3, 0.4) is 0 Å². The van der Waals surface area contributed by atoms with Gasteiger partial charge in [0.1, 0.15) is 0 Å². The van der Waals surface area contributed by atoms with Crippen LogP contribution in [0.4, 0.5) is 0 Å². The molecule has 17 heavy (non-hydrogen) atoms. The van der Waals surface area contributed by atoms with Crippen LogP contribution < -0.4 is 0 Å². The molecule has 84 valence electrons. The van der Waals surface area contributed by atoms with Gasteiger partial charge < -0.3 is 0 Å². The molecule has 1 heteroatoms. The normalized spacial score (nSPS) is 9.94. The minimum Gasteiger partial charge on any atom is -0.248 e. The molecule has 0 amide bonds. The van der Waals surface area contributed by atoms with Crippen molar-refractivity contribution in [2.75, 3.05) is 0 Å². The lowest BCUT2D eigenvalue weighted by Gasteiger charge is -2.09. The summed E-state index contributed by atoms with van der Waals surface area (Å²) in [5.74, 6) is 0. The van der Waals surface area contributed by atoms with Crippen LogP contribution in [0.5, 0.6) is 0 Å². The van der Waals surface area contributed by atoms with E-state index in [2.05, 4.69) is 43.3 Å². The van der Waals surface area contributed by atoms with E-state index < -0.39 is 0 Å². The topological polar surface area (TPSA) is 12.9 Å². The fraction of sp³-hybridized carbons (Fsp3) is 0.0625. The first-order valence-corrected chi connectivity index (χ1v) is 5.58. The van der Waals surface area contributed by atoms with Crippen molar-refractivity contribution in [3.63, 3.8) is 0 Å². The van der Waals surface area contributed by atoms with Gasteiger partial charge in [-0.1, -0.05) is 49.6 Å². The van der Waals surface area contributed by atoms with Gasteiger partial charge in [0.05, 0.1) is 11.4 Å². The van der Waals surface area contributed by atoms with Crippen molar-refractivity contribution in [1.82, 2.24) is 4.98 Å². The minimum atomic E-state index is 0.888. The van der Waals surface area contributed by atoms with E-state index in [1.54, 1.807) is 6.08 Å². The first-order chi connectivity index (χ1) is 8.26. The first kappa shape index (κ1) is 11.3. The van der Waals surface area contributed by atoms with Gasteiger partial charge in [-0.2, -0.15) is 0 Å². The highest BCUT2D eigenvalue weighted by molar-refractivity contribution is 5.69. The lowest BCUT2D eigenvalue weighted by Crippen LogP contribution is -1.94. The third-order valence-corrected chi connectivity index (χ3v) is 2.76. The fourth-order valence-electron chi connectivity index (χ4n) is 1.89. The first-order valence-electron chi connectivity index (χ1n) is 5.58. The number of hydrogen-bond acceptors (Lipinski definition) is 1. The summed E-state index contributed by atoms with van der Waals surface area (Å²) < 4.78 is 0. The average molecular weight is 221 g/mol. The van der Waals surface area contributed by atoms with Crippen LogP contribution >= 0.6 is 0 Å². The van der Waals surface area contributed by atoms with Gasteiger partial charge >= 0.3 is 0 Å². The van der Waals surface area contributed by atoms with E-state index in [1.807, 2.05) is 24.3 Å². The molecule has 0 radical (unpaired) electrons. The van der Waals surface area contributed by atoms with Crippen LogP contribution in [0.1, 0.15) is 16.8 Å². The van der Waals surface area contributed by atoms with E-state index in [9.17, 15) is 0 Å². The van der Waals surface area contributed by atoms with E-state index in [4.69, 9.17) is 0 Å². The molecule has 0 aliphatic heterocycles. The summed E-state index contributed by atoms with van der Waals surface area (Å²) in [6.45, 7) is 9.69. The van der Waals surface area contributed by atoms with Gasteiger partial charge in [-0.05, 0) is 24.6 Å².